The Morgan fingerprint density at radius 2 is 2.18 bits per heavy atom. The van der Waals surface area contributed by atoms with Crippen LogP contribution >= 0.6 is 11.6 Å². The largest absolute Gasteiger partial charge is 0.310 e. The van der Waals surface area contributed by atoms with Gasteiger partial charge in [-0.05, 0) is 49.6 Å². The molecular weight excluding hydrogens is 232 g/mol. The van der Waals surface area contributed by atoms with E-state index in [1.54, 1.807) is 0 Å². The van der Waals surface area contributed by atoms with Gasteiger partial charge in [0.15, 0.2) is 0 Å². The Hall–Kier alpha value is -1.12. The zero-order chi connectivity index (χ0) is 11.8. The molecule has 2 aromatic rings. The van der Waals surface area contributed by atoms with Gasteiger partial charge in [-0.2, -0.15) is 0 Å². The number of hydrogen-bond acceptors (Lipinski definition) is 2. The average molecular weight is 247 g/mol. The number of pyridine rings is 1. The third-order valence-corrected chi connectivity index (χ3v) is 3.38. The second-order valence-corrected chi connectivity index (χ2v) is 5.18. The summed E-state index contributed by atoms with van der Waals surface area (Å²) >= 11 is 6.06. The number of benzene rings is 1. The number of aromatic nitrogens is 1. The van der Waals surface area contributed by atoms with Gasteiger partial charge in [-0.25, -0.2) is 0 Å². The standard InChI is InChI=1S/C14H15ClN2/c1-9-6-10(8-16-12-3-4-12)13-7-11(15)2-5-14(13)17-9/h2,5-7,12,16H,3-4,8H2,1H3. The van der Waals surface area contributed by atoms with E-state index in [2.05, 4.69) is 16.4 Å². The summed E-state index contributed by atoms with van der Waals surface area (Å²) in [5, 5.41) is 5.48. The van der Waals surface area contributed by atoms with Gasteiger partial charge >= 0.3 is 0 Å². The quantitative estimate of drug-likeness (QED) is 0.897. The Bertz CT molecular complexity index is 561. The normalized spacial score (nSPS) is 15.4. The number of aryl methyl sites for hydroxylation is 1. The third kappa shape index (κ3) is 2.43. The second-order valence-electron chi connectivity index (χ2n) is 4.74. The van der Waals surface area contributed by atoms with Crippen molar-refractivity contribution < 1.29 is 0 Å². The van der Waals surface area contributed by atoms with E-state index >= 15 is 0 Å². The van der Waals surface area contributed by atoms with Gasteiger partial charge in [0.25, 0.3) is 0 Å². The van der Waals surface area contributed by atoms with Crippen molar-refractivity contribution in [1.82, 2.24) is 10.3 Å². The molecule has 0 atom stereocenters. The molecule has 0 bridgehead atoms. The molecule has 0 radical (unpaired) electrons. The van der Waals surface area contributed by atoms with Gasteiger partial charge in [-0.3, -0.25) is 4.98 Å². The molecule has 1 saturated carbocycles. The van der Waals surface area contributed by atoms with E-state index in [1.165, 1.54) is 18.4 Å². The molecule has 1 aromatic heterocycles. The summed E-state index contributed by atoms with van der Waals surface area (Å²) in [5.74, 6) is 0. The van der Waals surface area contributed by atoms with Crippen LogP contribution in [0.5, 0.6) is 0 Å². The molecule has 88 valence electrons. The minimum absolute atomic E-state index is 0.720. The highest BCUT2D eigenvalue weighted by Gasteiger charge is 2.20. The Labute approximate surface area is 106 Å². The summed E-state index contributed by atoms with van der Waals surface area (Å²) < 4.78 is 0. The molecule has 1 aromatic carbocycles. The third-order valence-electron chi connectivity index (χ3n) is 3.14. The first-order valence-electron chi connectivity index (χ1n) is 6.01. The summed E-state index contributed by atoms with van der Waals surface area (Å²) in [6.07, 6.45) is 2.62. The van der Waals surface area contributed by atoms with Crippen LogP contribution in [-0.2, 0) is 6.54 Å². The fourth-order valence-corrected chi connectivity index (χ4v) is 2.28. The summed E-state index contributed by atoms with van der Waals surface area (Å²) in [6, 6.07) is 8.76. The molecule has 1 heterocycles. The maximum atomic E-state index is 6.06. The SMILES string of the molecule is Cc1cc(CNC2CC2)c2cc(Cl)ccc2n1. The molecular formula is C14H15ClN2. The Morgan fingerprint density at radius 3 is 2.94 bits per heavy atom. The predicted molar refractivity (Wildman–Crippen MR) is 71.4 cm³/mol. The summed E-state index contributed by atoms with van der Waals surface area (Å²) in [7, 11) is 0. The number of halogens is 1. The van der Waals surface area contributed by atoms with Crippen LogP contribution in [0.4, 0.5) is 0 Å². The topological polar surface area (TPSA) is 24.9 Å². The molecule has 1 aliphatic rings. The van der Waals surface area contributed by atoms with Gasteiger partial charge in [-0.15, -0.1) is 0 Å². The van der Waals surface area contributed by atoms with E-state index in [0.717, 1.165) is 34.2 Å². The fourth-order valence-electron chi connectivity index (χ4n) is 2.10. The van der Waals surface area contributed by atoms with Crippen LogP contribution in [0, 0.1) is 6.92 Å². The lowest BCUT2D eigenvalue weighted by Gasteiger charge is -2.09. The number of nitrogens with zero attached hydrogens (tertiary/aromatic N) is 1. The van der Waals surface area contributed by atoms with Crippen molar-refractivity contribution in [1.29, 1.82) is 0 Å². The van der Waals surface area contributed by atoms with Crippen LogP contribution in [0.2, 0.25) is 5.02 Å². The molecule has 2 nitrogen and oxygen atoms in total. The van der Waals surface area contributed by atoms with Gasteiger partial charge < -0.3 is 5.32 Å². The van der Waals surface area contributed by atoms with Gasteiger partial charge in [0.1, 0.15) is 0 Å². The van der Waals surface area contributed by atoms with Crippen LogP contribution in [0.15, 0.2) is 24.3 Å². The van der Waals surface area contributed by atoms with E-state index < -0.39 is 0 Å². The number of rotatable bonds is 3. The fraction of sp³-hybridized carbons (Fsp3) is 0.357. The molecule has 0 amide bonds. The maximum Gasteiger partial charge on any atom is 0.0709 e. The van der Waals surface area contributed by atoms with Gasteiger partial charge in [0, 0.05) is 28.7 Å². The smallest absolute Gasteiger partial charge is 0.0709 e. The molecule has 3 heteroatoms. The first-order chi connectivity index (χ1) is 8.22. The average Bonchev–Trinajstić information content (AvgIpc) is 3.10. The molecule has 0 spiro atoms. The first-order valence-corrected chi connectivity index (χ1v) is 6.39. The lowest BCUT2D eigenvalue weighted by molar-refractivity contribution is 0.690. The number of fused-ring (bicyclic) bond motifs is 1. The van der Waals surface area contributed by atoms with Crippen LogP contribution < -0.4 is 5.32 Å². The number of nitrogens with one attached hydrogen (secondary N) is 1. The molecule has 1 fully saturated rings. The molecule has 1 aliphatic carbocycles. The minimum Gasteiger partial charge on any atom is -0.310 e. The summed E-state index contributed by atoms with van der Waals surface area (Å²) in [4.78, 5) is 4.53. The maximum absolute atomic E-state index is 6.06. The highest BCUT2D eigenvalue weighted by atomic mass is 35.5. The van der Waals surface area contributed by atoms with E-state index in [-0.39, 0.29) is 0 Å². The van der Waals surface area contributed by atoms with Gasteiger partial charge in [-0.1, -0.05) is 11.6 Å². The molecule has 17 heavy (non-hydrogen) atoms. The minimum atomic E-state index is 0.720. The Morgan fingerprint density at radius 1 is 1.35 bits per heavy atom. The predicted octanol–water partition coefficient (Wildman–Crippen LogP) is 3.45. The Balaban J connectivity index is 2.02. The highest BCUT2D eigenvalue weighted by molar-refractivity contribution is 6.31. The van der Waals surface area contributed by atoms with Crippen LogP contribution in [0.1, 0.15) is 24.1 Å². The lowest BCUT2D eigenvalue weighted by Crippen LogP contribution is -2.15. The van der Waals surface area contributed by atoms with Crippen molar-refractivity contribution >= 4 is 22.5 Å². The van der Waals surface area contributed by atoms with Crippen LogP contribution in [0.25, 0.3) is 10.9 Å². The van der Waals surface area contributed by atoms with Crippen LogP contribution in [-0.4, -0.2) is 11.0 Å². The van der Waals surface area contributed by atoms with Crippen molar-refractivity contribution in [3.8, 4) is 0 Å². The van der Waals surface area contributed by atoms with E-state index in [9.17, 15) is 0 Å². The molecule has 3 rings (SSSR count). The molecule has 0 unspecified atom stereocenters. The van der Waals surface area contributed by atoms with E-state index in [4.69, 9.17) is 11.6 Å². The molecule has 1 N–H and O–H groups in total. The van der Waals surface area contributed by atoms with Crippen molar-refractivity contribution in [2.75, 3.05) is 0 Å². The summed E-state index contributed by atoms with van der Waals surface area (Å²) in [6.45, 7) is 2.94. The number of hydrogen-bond donors (Lipinski definition) is 1. The van der Waals surface area contributed by atoms with Gasteiger partial charge in [0.05, 0.1) is 5.52 Å². The summed E-state index contributed by atoms with van der Waals surface area (Å²) in [5.41, 5.74) is 3.39. The highest BCUT2D eigenvalue weighted by Crippen LogP contribution is 2.24. The van der Waals surface area contributed by atoms with Crippen molar-refractivity contribution in [3.63, 3.8) is 0 Å². The first kappa shape index (κ1) is 11.0. The zero-order valence-electron chi connectivity index (χ0n) is 9.83. The van der Waals surface area contributed by atoms with Gasteiger partial charge in [0.2, 0.25) is 0 Å². The lowest BCUT2D eigenvalue weighted by atomic mass is 10.1. The van der Waals surface area contributed by atoms with E-state index in [1.807, 2.05) is 25.1 Å². The second kappa shape index (κ2) is 4.28. The zero-order valence-corrected chi connectivity index (χ0v) is 10.6. The molecule has 0 saturated heterocycles. The Kier molecular flexibility index (Phi) is 2.77. The van der Waals surface area contributed by atoms with Crippen LogP contribution in [0.3, 0.4) is 0 Å². The van der Waals surface area contributed by atoms with Crippen molar-refractivity contribution in [2.45, 2.75) is 32.4 Å². The monoisotopic (exact) mass is 246 g/mol. The van der Waals surface area contributed by atoms with Crippen molar-refractivity contribution in [3.05, 3.63) is 40.5 Å². The van der Waals surface area contributed by atoms with E-state index in [0.29, 0.717) is 0 Å². The molecule has 0 aliphatic heterocycles. The van der Waals surface area contributed by atoms with Crippen molar-refractivity contribution in [2.24, 2.45) is 0 Å².